The van der Waals surface area contributed by atoms with E-state index in [-0.39, 0.29) is 31.1 Å². The Kier molecular flexibility index (Phi) is 7.98. The summed E-state index contributed by atoms with van der Waals surface area (Å²) in [6.07, 6.45) is 0. The Balaban J connectivity index is 0. The molecule has 0 aliphatic rings. The second kappa shape index (κ2) is 6.12. The van der Waals surface area contributed by atoms with Gasteiger partial charge >= 0.3 is 0 Å². The fourth-order valence-electron chi connectivity index (χ4n) is 0.142. The third-order valence-electron chi connectivity index (χ3n) is 0.737. The molecule has 0 spiro atoms. The first-order valence-electron chi connectivity index (χ1n) is 2.12. The van der Waals surface area contributed by atoms with E-state index in [4.69, 9.17) is 10.9 Å². The van der Waals surface area contributed by atoms with Crippen LogP contribution in [0.4, 0.5) is 0 Å². The first-order chi connectivity index (χ1) is 3.68. The number of hydrogen-bond donors (Lipinski definition) is 1. The maximum atomic E-state index is 7.83. The normalized spacial score (nSPS) is 9.78. The van der Waals surface area contributed by atoms with Crippen LogP contribution >= 0.6 is 0 Å². The molecular weight excluding hydrogens is 342 g/mol. The van der Waals surface area contributed by atoms with Crippen molar-refractivity contribution in [2.24, 2.45) is 10.3 Å². The summed E-state index contributed by atoms with van der Waals surface area (Å²) in [6.45, 7) is 3.17. The number of nitrogens with one attached hydrogen (secondary N) is 1. The topological polar surface area (TPSA) is 70.9 Å². The second-order valence-electron chi connectivity index (χ2n) is 1.40. The summed E-state index contributed by atoms with van der Waals surface area (Å²) < 4.78 is 0. The van der Waals surface area contributed by atoms with E-state index < -0.39 is 0 Å². The predicted octanol–water partition coefficient (Wildman–Crippen LogP) is 1.42. The zero-order valence-corrected chi connectivity index (χ0v) is 9.51. The van der Waals surface area contributed by atoms with Gasteiger partial charge in [-0.2, -0.15) is 0 Å². The molecule has 0 saturated carbocycles. The second-order valence-corrected chi connectivity index (χ2v) is 1.40. The molecule has 0 aliphatic carbocycles. The Bertz CT molecular complexity index is 140. The minimum atomic E-state index is 0. The minimum absolute atomic E-state index is 0. The Labute approximate surface area is 77.5 Å². The molecular formula is C4H7N4U-. The zero-order chi connectivity index (χ0) is 6.57. The molecule has 1 N–H and O–H groups in total. The van der Waals surface area contributed by atoms with Crippen LogP contribution in [0.15, 0.2) is 10.3 Å². The van der Waals surface area contributed by atoms with Gasteiger partial charge in [0.1, 0.15) is 0 Å². The van der Waals surface area contributed by atoms with Gasteiger partial charge in [0.05, 0.1) is 0 Å². The number of rotatable bonds is 2. The standard InChI is InChI=1S/C4H7N4.U/c1-3(5)4(2)7-8-6;/h5H,1-2H3;/q-1;/b5-3?,7-4-;. The van der Waals surface area contributed by atoms with E-state index in [1.54, 1.807) is 13.8 Å². The van der Waals surface area contributed by atoms with Crippen LogP contribution in [0.1, 0.15) is 13.8 Å². The van der Waals surface area contributed by atoms with Gasteiger partial charge in [-0.25, -0.2) is 0 Å². The molecule has 0 amide bonds. The van der Waals surface area contributed by atoms with Gasteiger partial charge in [-0.3, -0.25) is 5.22 Å². The average molecular weight is 349 g/mol. The smallest absolute Gasteiger partial charge is 0.0284 e. The molecule has 0 heterocycles. The Hall–Kier alpha value is -0.00805. The first-order valence-corrected chi connectivity index (χ1v) is 2.12. The van der Waals surface area contributed by atoms with Crippen molar-refractivity contribution in [3.05, 3.63) is 5.53 Å². The summed E-state index contributed by atoms with van der Waals surface area (Å²) in [6, 6.07) is 0. The SMILES string of the molecule is CC(=N)/C(C)=N\N=[N-].[U]. The van der Waals surface area contributed by atoms with Crippen molar-refractivity contribution in [2.75, 3.05) is 0 Å². The van der Waals surface area contributed by atoms with Crippen LogP contribution < -0.4 is 0 Å². The molecule has 0 fully saturated rings. The molecule has 0 aromatic heterocycles. The quantitative estimate of drug-likeness (QED) is 0.445. The summed E-state index contributed by atoms with van der Waals surface area (Å²) >= 11 is 0. The van der Waals surface area contributed by atoms with E-state index >= 15 is 0 Å². The van der Waals surface area contributed by atoms with Crippen LogP contribution in [0.3, 0.4) is 0 Å². The van der Waals surface area contributed by atoms with Crippen LogP contribution in [0.2, 0.25) is 0 Å². The predicted molar refractivity (Wildman–Crippen MR) is 32.3 cm³/mol. The van der Waals surface area contributed by atoms with Crippen LogP contribution in [0, 0.1) is 36.5 Å². The zero-order valence-electron chi connectivity index (χ0n) is 5.34. The summed E-state index contributed by atoms with van der Waals surface area (Å²) in [5.74, 6) is 0. The fraction of sp³-hybridized carbons (Fsp3) is 0.500. The van der Waals surface area contributed by atoms with E-state index in [0.29, 0.717) is 11.4 Å². The van der Waals surface area contributed by atoms with Crippen molar-refractivity contribution >= 4 is 11.4 Å². The van der Waals surface area contributed by atoms with E-state index in [9.17, 15) is 0 Å². The first kappa shape index (κ1) is 11.7. The summed E-state index contributed by atoms with van der Waals surface area (Å²) in [5.41, 5.74) is 8.56. The van der Waals surface area contributed by atoms with Gasteiger partial charge in [0, 0.05) is 36.8 Å². The molecule has 5 heteroatoms. The third-order valence-corrected chi connectivity index (χ3v) is 0.737. The Morgan fingerprint density at radius 2 is 1.89 bits per heavy atom. The van der Waals surface area contributed by atoms with Crippen LogP contribution in [-0.2, 0) is 0 Å². The van der Waals surface area contributed by atoms with Gasteiger partial charge in [0.2, 0.25) is 0 Å². The molecule has 9 heavy (non-hydrogen) atoms. The maximum absolute atomic E-state index is 7.83. The Morgan fingerprint density at radius 3 is 2.00 bits per heavy atom. The van der Waals surface area contributed by atoms with E-state index in [1.165, 1.54) is 0 Å². The Morgan fingerprint density at radius 1 is 1.44 bits per heavy atom. The van der Waals surface area contributed by atoms with E-state index in [1.807, 2.05) is 0 Å². The van der Waals surface area contributed by atoms with Crippen LogP contribution in [0.5, 0.6) is 0 Å². The minimum Gasteiger partial charge on any atom is -0.362 e. The summed E-state index contributed by atoms with van der Waals surface area (Å²) in [5, 5.41) is 12.6. The van der Waals surface area contributed by atoms with Gasteiger partial charge in [-0.05, 0) is 19.6 Å². The van der Waals surface area contributed by atoms with Crippen LogP contribution in [0.25, 0.3) is 5.53 Å². The molecule has 0 aromatic rings. The van der Waals surface area contributed by atoms with Gasteiger partial charge in [0.15, 0.2) is 0 Å². The number of nitrogens with zero attached hydrogens (tertiary/aromatic N) is 3. The monoisotopic (exact) mass is 349 g/mol. The van der Waals surface area contributed by atoms with Gasteiger partial charge in [0.25, 0.3) is 0 Å². The van der Waals surface area contributed by atoms with Crippen LogP contribution in [-0.4, -0.2) is 11.4 Å². The summed E-state index contributed by atoms with van der Waals surface area (Å²) in [7, 11) is 0. The molecule has 48 valence electrons. The fourth-order valence-corrected chi connectivity index (χ4v) is 0.142. The van der Waals surface area contributed by atoms with Gasteiger partial charge in [-0.1, -0.05) is 0 Å². The molecule has 4 nitrogen and oxygen atoms in total. The molecule has 0 unspecified atom stereocenters. The molecule has 0 saturated heterocycles. The molecule has 0 radical (unpaired) electrons. The summed E-state index contributed by atoms with van der Waals surface area (Å²) in [4.78, 5) is 0. The third kappa shape index (κ3) is 5.87. The van der Waals surface area contributed by atoms with Crippen molar-refractivity contribution in [2.45, 2.75) is 13.8 Å². The molecule has 0 aliphatic heterocycles. The average Bonchev–Trinajstić information content (AvgIpc) is 1.67. The molecule has 0 aromatic carbocycles. The van der Waals surface area contributed by atoms with E-state index in [0.717, 1.165) is 0 Å². The largest absolute Gasteiger partial charge is 0.362 e. The molecule has 0 atom stereocenters. The molecule has 0 bridgehead atoms. The number of hydrogen-bond acceptors (Lipinski definition) is 2. The van der Waals surface area contributed by atoms with Crippen molar-refractivity contribution in [1.82, 2.24) is 0 Å². The maximum Gasteiger partial charge on any atom is 0.0284 e. The van der Waals surface area contributed by atoms with E-state index in [2.05, 4.69) is 10.3 Å². The van der Waals surface area contributed by atoms with Gasteiger partial charge < -0.3 is 16.0 Å². The van der Waals surface area contributed by atoms with Crippen molar-refractivity contribution in [3.63, 3.8) is 0 Å². The van der Waals surface area contributed by atoms with Crippen molar-refractivity contribution < 1.29 is 31.1 Å². The molecule has 0 rings (SSSR count). The van der Waals surface area contributed by atoms with Gasteiger partial charge in [-0.15, -0.1) is 0 Å². The van der Waals surface area contributed by atoms with Crippen molar-refractivity contribution in [3.8, 4) is 0 Å². The van der Waals surface area contributed by atoms with Crippen molar-refractivity contribution in [1.29, 1.82) is 5.41 Å².